The maximum atomic E-state index is 10.6. The molecule has 3 aromatic rings. The first kappa shape index (κ1) is 12.1. The SMILES string of the molecule is O=[N+]([O-])c1ccc(/C=C\c2cn3ccccc3n2)cc1. The van der Waals surface area contributed by atoms with Gasteiger partial charge in [0.2, 0.25) is 0 Å². The highest BCUT2D eigenvalue weighted by molar-refractivity contribution is 5.69. The summed E-state index contributed by atoms with van der Waals surface area (Å²) in [4.78, 5) is 14.6. The highest BCUT2D eigenvalue weighted by Crippen LogP contribution is 2.14. The van der Waals surface area contributed by atoms with Crippen molar-refractivity contribution in [1.82, 2.24) is 9.38 Å². The lowest BCUT2D eigenvalue weighted by molar-refractivity contribution is -0.384. The quantitative estimate of drug-likeness (QED) is 0.538. The fourth-order valence-electron chi connectivity index (χ4n) is 1.92. The Morgan fingerprint density at radius 2 is 1.90 bits per heavy atom. The Kier molecular flexibility index (Phi) is 3.01. The first-order chi connectivity index (χ1) is 9.72. The zero-order valence-electron chi connectivity index (χ0n) is 10.5. The smallest absolute Gasteiger partial charge is 0.269 e. The highest BCUT2D eigenvalue weighted by atomic mass is 16.6. The molecule has 98 valence electrons. The molecule has 0 amide bonds. The molecule has 0 atom stereocenters. The van der Waals surface area contributed by atoms with Crippen LogP contribution in [0.15, 0.2) is 54.9 Å². The number of hydrogen-bond acceptors (Lipinski definition) is 3. The van der Waals surface area contributed by atoms with Crippen molar-refractivity contribution >= 4 is 23.5 Å². The second-order valence-corrected chi connectivity index (χ2v) is 4.31. The van der Waals surface area contributed by atoms with Crippen LogP contribution in [-0.2, 0) is 0 Å². The van der Waals surface area contributed by atoms with Crippen LogP contribution >= 0.6 is 0 Å². The average Bonchev–Trinajstić information content (AvgIpc) is 2.88. The van der Waals surface area contributed by atoms with Crippen LogP contribution in [0, 0.1) is 10.1 Å². The van der Waals surface area contributed by atoms with Crippen molar-refractivity contribution in [2.24, 2.45) is 0 Å². The van der Waals surface area contributed by atoms with Gasteiger partial charge in [-0.2, -0.15) is 0 Å². The second-order valence-electron chi connectivity index (χ2n) is 4.31. The van der Waals surface area contributed by atoms with Crippen LogP contribution in [0.4, 0.5) is 5.69 Å². The fourth-order valence-corrected chi connectivity index (χ4v) is 1.92. The molecule has 0 saturated carbocycles. The zero-order chi connectivity index (χ0) is 13.9. The van der Waals surface area contributed by atoms with Crippen molar-refractivity contribution in [2.75, 3.05) is 0 Å². The first-order valence-electron chi connectivity index (χ1n) is 6.09. The molecule has 5 nitrogen and oxygen atoms in total. The summed E-state index contributed by atoms with van der Waals surface area (Å²) in [5.74, 6) is 0. The van der Waals surface area contributed by atoms with E-state index in [1.165, 1.54) is 12.1 Å². The predicted octanol–water partition coefficient (Wildman–Crippen LogP) is 3.41. The molecule has 5 heteroatoms. The van der Waals surface area contributed by atoms with Crippen molar-refractivity contribution in [1.29, 1.82) is 0 Å². The standard InChI is InChI=1S/C15H11N3O2/c19-18(20)14-8-5-12(6-9-14)4-7-13-11-17-10-2-1-3-15(17)16-13/h1-11H/b7-4-. The van der Waals surface area contributed by atoms with Crippen molar-refractivity contribution in [3.05, 3.63) is 76.2 Å². The minimum Gasteiger partial charge on any atom is -0.306 e. The van der Waals surface area contributed by atoms with Crippen molar-refractivity contribution in [3.8, 4) is 0 Å². The van der Waals surface area contributed by atoms with Crippen LogP contribution in [0.3, 0.4) is 0 Å². The number of nitro groups is 1. The highest BCUT2D eigenvalue weighted by Gasteiger charge is 2.02. The molecular formula is C15H11N3O2. The monoisotopic (exact) mass is 265 g/mol. The first-order valence-corrected chi connectivity index (χ1v) is 6.09. The molecule has 0 bridgehead atoms. The van der Waals surface area contributed by atoms with E-state index < -0.39 is 4.92 Å². The van der Waals surface area contributed by atoms with E-state index in [-0.39, 0.29) is 5.69 Å². The number of hydrogen-bond donors (Lipinski definition) is 0. The molecule has 20 heavy (non-hydrogen) atoms. The van der Waals surface area contributed by atoms with Crippen LogP contribution in [0.5, 0.6) is 0 Å². The van der Waals surface area contributed by atoms with E-state index >= 15 is 0 Å². The van der Waals surface area contributed by atoms with Crippen LogP contribution in [0.1, 0.15) is 11.3 Å². The van der Waals surface area contributed by atoms with E-state index in [0.717, 1.165) is 16.9 Å². The molecule has 0 radical (unpaired) electrons. The molecule has 0 unspecified atom stereocenters. The Balaban J connectivity index is 1.84. The van der Waals surface area contributed by atoms with Gasteiger partial charge in [-0.3, -0.25) is 10.1 Å². The van der Waals surface area contributed by atoms with Gasteiger partial charge in [-0.15, -0.1) is 0 Å². The number of nitrogens with zero attached hydrogens (tertiary/aromatic N) is 3. The second kappa shape index (κ2) is 4.97. The molecule has 0 N–H and O–H groups in total. The van der Waals surface area contributed by atoms with Gasteiger partial charge in [-0.1, -0.05) is 12.1 Å². The van der Waals surface area contributed by atoms with Gasteiger partial charge in [0, 0.05) is 24.5 Å². The van der Waals surface area contributed by atoms with Crippen molar-refractivity contribution < 1.29 is 4.92 Å². The van der Waals surface area contributed by atoms with Crippen LogP contribution in [-0.4, -0.2) is 14.3 Å². The topological polar surface area (TPSA) is 60.4 Å². The number of benzene rings is 1. The summed E-state index contributed by atoms with van der Waals surface area (Å²) in [5.41, 5.74) is 2.72. The predicted molar refractivity (Wildman–Crippen MR) is 77.2 cm³/mol. The molecule has 0 spiro atoms. The van der Waals surface area contributed by atoms with Gasteiger partial charge in [0.1, 0.15) is 5.65 Å². The number of aromatic nitrogens is 2. The number of nitro benzene ring substituents is 1. The maximum Gasteiger partial charge on any atom is 0.269 e. The third kappa shape index (κ3) is 2.42. The molecule has 1 aromatic carbocycles. The van der Waals surface area contributed by atoms with Crippen molar-refractivity contribution in [3.63, 3.8) is 0 Å². The number of fused-ring (bicyclic) bond motifs is 1. The van der Waals surface area contributed by atoms with E-state index in [0.29, 0.717) is 0 Å². The molecular weight excluding hydrogens is 254 g/mol. The molecule has 2 heterocycles. The molecule has 2 aromatic heterocycles. The normalized spacial score (nSPS) is 11.2. The van der Waals surface area contributed by atoms with Crippen LogP contribution < -0.4 is 0 Å². The number of non-ortho nitro benzene ring substituents is 1. The van der Waals surface area contributed by atoms with Gasteiger partial charge in [0.05, 0.1) is 10.6 Å². The number of pyridine rings is 1. The minimum absolute atomic E-state index is 0.0925. The lowest BCUT2D eigenvalue weighted by Gasteiger charge is -1.92. The summed E-state index contributed by atoms with van der Waals surface area (Å²) in [6.45, 7) is 0. The molecule has 3 rings (SSSR count). The summed E-state index contributed by atoms with van der Waals surface area (Å²) < 4.78 is 1.94. The van der Waals surface area contributed by atoms with E-state index in [4.69, 9.17) is 0 Å². The Morgan fingerprint density at radius 3 is 2.60 bits per heavy atom. The van der Waals surface area contributed by atoms with E-state index in [1.807, 2.05) is 47.1 Å². The molecule has 0 aliphatic heterocycles. The molecule has 0 fully saturated rings. The summed E-state index contributed by atoms with van der Waals surface area (Å²) in [6.07, 6.45) is 7.63. The largest absolute Gasteiger partial charge is 0.306 e. The van der Waals surface area contributed by atoms with E-state index in [9.17, 15) is 10.1 Å². The zero-order valence-corrected chi connectivity index (χ0v) is 10.5. The van der Waals surface area contributed by atoms with Crippen LogP contribution in [0.2, 0.25) is 0 Å². The average molecular weight is 265 g/mol. The third-order valence-electron chi connectivity index (χ3n) is 2.93. The summed E-state index contributed by atoms with van der Waals surface area (Å²) >= 11 is 0. The summed E-state index contributed by atoms with van der Waals surface area (Å²) in [5, 5.41) is 10.6. The summed E-state index contributed by atoms with van der Waals surface area (Å²) in [6, 6.07) is 12.2. The van der Waals surface area contributed by atoms with Gasteiger partial charge in [-0.05, 0) is 35.9 Å². The Hall–Kier alpha value is -2.95. The number of imidazole rings is 1. The molecule has 0 aliphatic rings. The van der Waals surface area contributed by atoms with Gasteiger partial charge < -0.3 is 4.40 Å². The van der Waals surface area contributed by atoms with Gasteiger partial charge >= 0.3 is 0 Å². The minimum atomic E-state index is -0.407. The van der Waals surface area contributed by atoms with Crippen molar-refractivity contribution in [2.45, 2.75) is 0 Å². The van der Waals surface area contributed by atoms with Gasteiger partial charge in [0.25, 0.3) is 5.69 Å². The third-order valence-corrected chi connectivity index (χ3v) is 2.93. The van der Waals surface area contributed by atoms with Crippen LogP contribution in [0.25, 0.3) is 17.8 Å². The van der Waals surface area contributed by atoms with E-state index in [2.05, 4.69) is 4.98 Å². The van der Waals surface area contributed by atoms with Gasteiger partial charge in [-0.25, -0.2) is 4.98 Å². The molecule has 0 saturated heterocycles. The Labute approximate surface area is 115 Å². The lowest BCUT2D eigenvalue weighted by atomic mass is 10.2. The Bertz CT molecular complexity index is 755. The van der Waals surface area contributed by atoms with Gasteiger partial charge in [0.15, 0.2) is 0 Å². The van der Waals surface area contributed by atoms with E-state index in [1.54, 1.807) is 12.1 Å². The fraction of sp³-hybridized carbons (Fsp3) is 0. The lowest BCUT2D eigenvalue weighted by Crippen LogP contribution is -1.86. The number of rotatable bonds is 3. The maximum absolute atomic E-state index is 10.6. The molecule has 0 aliphatic carbocycles. The Morgan fingerprint density at radius 1 is 1.10 bits per heavy atom. The summed E-state index contributed by atoms with van der Waals surface area (Å²) in [7, 11) is 0.